The van der Waals surface area contributed by atoms with Crippen molar-refractivity contribution in [2.45, 2.75) is 0 Å². The number of rotatable bonds is 1. The van der Waals surface area contributed by atoms with Crippen molar-refractivity contribution in [2.75, 3.05) is 7.11 Å². The van der Waals surface area contributed by atoms with Crippen LogP contribution in [0.15, 0.2) is 61.3 Å². The molecule has 0 aliphatic carbocycles. The summed E-state index contributed by atoms with van der Waals surface area (Å²) in [5, 5.41) is 1.20. The third-order valence-electron chi connectivity index (χ3n) is 2.13. The molecule has 3 aromatic rings. The fourth-order valence-electron chi connectivity index (χ4n) is 1.23. The van der Waals surface area contributed by atoms with E-state index in [1.165, 1.54) is 5.39 Å². The van der Waals surface area contributed by atoms with Crippen molar-refractivity contribution < 1.29 is 17.2 Å². The molecule has 0 fully saturated rings. The van der Waals surface area contributed by atoms with Gasteiger partial charge in [0.25, 0.3) is 0 Å². The topological polar surface area (TPSA) is 105 Å². The number of hydrogen-bond acceptors (Lipinski definition) is 5. The molecule has 7 nitrogen and oxygen atoms in total. The number of aromatic amines is 1. The number of H-pyrrole nitrogens is 1. The molecule has 112 valence electrons. The first-order valence-corrected chi connectivity index (χ1v) is 7.15. The van der Waals surface area contributed by atoms with Gasteiger partial charge in [-0.3, -0.25) is 13.7 Å². The maximum Gasteiger partial charge on any atom is 0.397 e. The molecule has 2 aromatic heterocycles. The number of pyridine rings is 1. The lowest BCUT2D eigenvalue weighted by molar-refractivity contribution is 0.324. The number of nitrogens with one attached hydrogen (secondary N) is 1. The lowest BCUT2D eigenvalue weighted by Crippen LogP contribution is -1.96. The summed E-state index contributed by atoms with van der Waals surface area (Å²) >= 11 is 0. The Labute approximate surface area is 122 Å². The van der Waals surface area contributed by atoms with Crippen LogP contribution >= 0.6 is 0 Å². The summed E-state index contributed by atoms with van der Waals surface area (Å²) < 4.78 is 29.7. The van der Waals surface area contributed by atoms with Crippen molar-refractivity contribution in [1.82, 2.24) is 15.0 Å². The normalized spacial score (nSPS) is 10.0. The molecule has 2 N–H and O–H groups in total. The molecule has 0 saturated carbocycles. The SMILES string of the molecule is COS(=O)(=O)O.c1c[nH]cn1.c1ccc2ncccc2c1. The predicted molar refractivity (Wildman–Crippen MR) is 78.9 cm³/mol. The van der Waals surface area contributed by atoms with Crippen molar-refractivity contribution in [2.24, 2.45) is 0 Å². The van der Waals surface area contributed by atoms with Gasteiger partial charge in [0, 0.05) is 24.0 Å². The first-order chi connectivity index (χ1) is 10.0. The number of fused-ring (bicyclic) bond motifs is 1. The smallest absolute Gasteiger partial charge is 0.351 e. The second-order valence-electron chi connectivity index (χ2n) is 3.55. The fourth-order valence-corrected chi connectivity index (χ4v) is 1.23. The van der Waals surface area contributed by atoms with Crippen LogP contribution in [0.1, 0.15) is 0 Å². The van der Waals surface area contributed by atoms with E-state index in [0.717, 1.165) is 12.6 Å². The molecule has 2 heterocycles. The highest BCUT2D eigenvalue weighted by molar-refractivity contribution is 7.80. The van der Waals surface area contributed by atoms with E-state index in [1.54, 1.807) is 18.7 Å². The zero-order valence-corrected chi connectivity index (χ0v) is 12.1. The number of nitrogens with zero attached hydrogens (tertiary/aromatic N) is 2. The van der Waals surface area contributed by atoms with Gasteiger partial charge in [0.15, 0.2) is 0 Å². The summed E-state index contributed by atoms with van der Waals surface area (Å²) in [6, 6.07) is 12.1. The Morgan fingerprint density at radius 1 is 1.14 bits per heavy atom. The lowest BCUT2D eigenvalue weighted by Gasteiger charge is -1.91. The summed E-state index contributed by atoms with van der Waals surface area (Å²) in [6.07, 6.45) is 6.89. The van der Waals surface area contributed by atoms with Gasteiger partial charge in [0.1, 0.15) is 0 Å². The fraction of sp³-hybridized carbons (Fsp3) is 0.0769. The van der Waals surface area contributed by atoms with Crippen molar-refractivity contribution in [3.05, 3.63) is 61.3 Å². The van der Waals surface area contributed by atoms with Crippen molar-refractivity contribution in [3.63, 3.8) is 0 Å². The molecule has 1 aromatic carbocycles. The second kappa shape index (κ2) is 8.80. The van der Waals surface area contributed by atoms with Crippen LogP contribution in [0, 0.1) is 0 Å². The van der Waals surface area contributed by atoms with Crippen molar-refractivity contribution in [1.29, 1.82) is 0 Å². The van der Waals surface area contributed by atoms with Crippen LogP contribution in [0.25, 0.3) is 10.9 Å². The van der Waals surface area contributed by atoms with Gasteiger partial charge in [-0.05, 0) is 12.1 Å². The monoisotopic (exact) mass is 309 g/mol. The molecule has 0 aliphatic rings. The Balaban J connectivity index is 0.000000173. The first-order valence-electron chi connectivity index (χ1n) is 5.78. The minimum Gasteiger partial charge on any atom is -0.351 e. The Bertz CT molecular complexity index is 647. The van der Waals surface area contributed by atoms with E-state index in [-0.39, 0.29) is 0 Å². The quantitative estimate of drug-likeness (QED) is 0.667. The zero-order valence-electron chi connectivity index (χ0n) is 11.2. The number of hydrogen-bond donors (Lipinski definition) is 2. The highest BCUT2D eigenvalue weighted by Gasteiger charge is 1.94. The van der Waals surface area contributed by atoms with E-state index in [2.05, 4.69) is 31.3 Å². The average molecular weight is 309 g/mol. The van der Waals surface area contributed by atoms with E-state index in [0.29, 0.717) is 0 Å². The van der Waals surface area contributed by atoms with Crippen LogP contribution in [-0.4, -0.2) is 35.0 Å². The Kier molecular flexibility index (Phi) is 7.02. The average Bonchev–Trinajstić information content (AvgIpc) is 3.07. The molecule has 0 amide bonds. The van der Waals surface area contributed by atoms with E-state index < -0.39 is 10.4 Å². The van der Waals surface area contributed by atoms with Gasteiger partial charge in [-0.1, -0.05) is 24.3 Å². The van der Waals surface area contributed by atoms with Crippen LogP contribution in [0.5, 0.6) is 0 Å². The minimum atomic E-state index is -4.16. The molecule has 8 heteroatoms. The summed E-state index contributed by atoms with van der Waals surface area (Å²) in [7, 11) is -3.29. The Morgan fingerprint density at radius 3 is 2.29 bits per heavy atom. The molecule has 3 rings (SSSR count). The Morgan fingerprint density at radius 2 is 1.81 bits per heavy atom. The molecule has 0 bridgehead atoms. The van der Waals surface area contributed by atoms with Gasteiger partial charge in [0.05, 0.1) is 19.0 Å². The van der Waals surface area contributed by atoms with Crippen LogP contribution in [0.4, 0.5) is 0 Å². The summed E-state index contributed by atoms with van der Waals surface area (Å²) in [5.41, 5.74) is 1.06. The van der Waals surface area contributed by atoms with Crippen molar-refractivity contribution in [3.8, 4) is 0 Å². The molecule has 0 spiro atoms. The number of imidazole rings is 1. The highest BCUT2D eigenvalue weighted by Crippen LogP contribution is 2.07. The predicted octanol–water partition coefficient (Wildman–Crippen LogP) is 2.08. The van der Waals surface area contributed by atoms with Gasteiger partial charge in [-0.25, -0.2) is 4.98 Å². The molecule has 0 aliphatic heterocycles. The summed E-state index contributed by atoms with van der Waals surface area (Å²) in [5.74, 6) is 0. The maximum atomic E-state index is 9.33. The van der Waals surface area contributed by atoms with Gasteiger partial charge < -0.3 is 4.98 Å². The van der Waals surface area contributed by atoms with E-state index in [1.807, 2.05) is 30.5 Å². The first kappa shape index (κ1) is 16.8. The summed E-state index contributed by atoms with van der Waals surface area (Å²) in [4.78, 5) is 10.6. The molecular formula is C13H15N3O4S. The van der Waals surface area contributed by atoms with Gasteiger partial charge >= 0.3 is 10.4 Å². The third kappa shape index (κ3) is 7.78. The highest BCUT2D eigenvalue weighted by atomic mass is 32.3. The van der Waals surface area contributed by atoms with Crippen LogP contribution in [0.3, 0.4) is 0 Å². The van der Waals surface area contributed by atoms with E-state index >= 15 is 0 Å². The van der Waals surface area contributed by atoms with Gasteiger partial charge in [-0.15, -0.1) is 0 Å². The van der Waals surface area contributed by atoms with Gasteiger partial charge in [-0.2, -0.15) is 8.42 Å². The molecule has 0 saturated heterocycles. The Hall–Kier alpha value is -2.29. The second-order valence-corrected chi connectivity index (χ2v) is 4.74. The standard InChI is InChI=1S/C9H7N.C3H4N2.CH4O4S/c1-2-6-9-8(4-1)5-3-7-10-9;1-2-5-3-4-1;1-5-6(2,3)4/h1-7H;1-3H,(H,4,5);1H3,(H,2,3,4). The molecule has 0 atom stereocenters. The van der Waals surface area contributed by atoms with Crippen LogP contribution < -0.4 is 0 Å². The lowest BCUT2D eigenvalue weighted by atomic mass is 10.2. The van der Waals surface area contributed by atoms with E-state index in [4.69, 9.17) is 4.55 Å². The third-order valence-corrected chi connectivity index (χ3v) is 2.55. The summed E-state index contributed by atoms with van der Waals surface area (Å²) in [6.45, 7) is 0. The largest absolute Gasteiger partial charge is 0.397 e. The van der Waals surface area contributed by atoms with Crippen LogP contribution in [0.2, 0.25) is 0 Å². The number of para-hydroxylation sites is 1. The maximum absolute atomic E-state index is 9.33. The molecule has 21 heavy (non-hydrogen) atoms. The van der Waals surface area contributed by atoms with Gasteiger partial charge in [0.2, 0.25) is 0 Å². The number of benzene rings is 1. The molecule has 0 unspecified atom stereocenters. The van der Waals surface area contributed by atoms with Crippen LogP contribution in [-0.2, 0) is 14.6 Å². The number of aromatic nitrogens is 3. The van der Waals surface area contributed by atoms with E-state index in [9.17, 15) is 8.42 Å². The molecular weight excluding hydrogens is 294 g/mol. The van der Waals surface area contributed by atoms with Crippen molar-refractivity contribution >= 4 is 21.3 Å². The zero-order chi connectivity index (χ0) is 15.6. The molecule has 0 radical (unpaired) electrons. The minimum absolute atomic E-state index is 0.870.